The van der Waals surface area contributed by atoms with Crippen molar-refractivity contribution in [2.24, 2.45) is 0 Å². The largest absolute Gasteiger partial charge is 0.488 e. The lowest BCUT2D eigenvalue weighted by atomic mass is 10.1. The molecule has 0 amide bonds. The van der Waals surface area contributed by atoms with Gasteiger partial charge >= 0.3 is 12.1 Å². The number of esters is 1. The van der Waals surface area contributed by atoms with Gasteiger partial charge in [0.15, 0.2) is 0 Å². The molecule has 0 saturated carbocycles. The Labute approximate surface area is 184 Å². The summed E-state index contributed by atoms with van der Waals surface area (Å²) in [6.45, 7) is 2.34. The molecular weight excluding hydrogens is 421 g/mol. The Balaban J connectivity index is 1.80. The average molecular weight is 444 g/mol. The van der Waals surface area contributed by atoms with Crippen molar-refractivity contribution in [3.8, 4) is 17.2 Å². The number of rotatable bonds is 9. The van der Waals surface area contributed by atoms with Crippen molar-refractivity contribution in [2.75, 3.05) is 6.61 Å². The Kier molecular flexibility index (Phi) is 7.76. The van der Waals surface area contributed by atoms with Crippen LogP contribution in [0.15, 0.2) is 72.8 Å². The van der Waals surface area contributed by atoms with E-state index in [2.05, 4.69) is 0 Å². The van der Waals surface area contributed by atoms with Crippen LogP contribution in [0.5, 0.6) is 17.2 Å². The lowest BCUT2D eigenvalue weighted by Crippen LogP contribution is -2.06. The Morgan fingerprint density at radius 2 is 1.66 bits per heavy atom. The van der Waals surface area contributed by atoms with Crippen molar-refractivity contribution >= 4 is 5.97 Å². The second-order valence-electron chi connectivity index (χ2n) is 6.98. The fraction of sp³-hybridized carbons (Fsp3) is 0.240. The van der Waals surface area contributed by atoms with E-state index < -0.39 is 11.7 Å². The van der Waals surface area contributed by atoms with Crippen LogP contribution in [0.1, 0.15) is 30.0 Å². The standard InChI is InChI=1S/C25H23F3O4/c1-2-30-24(29)14-12-19-11-13-22(16-23(19)31-17-18-7-4-3-5-8-18)32-21-10-6-9-20(15-21)25(26,27)28/h3-11,13,15-16H,2,12,14,17H2,1H3. The van der Waals surface area contributed by atoms with Crippen LogP contribution in [0.2, 0.25) is 0 Å². The molecule has 0 atom stereocenters. The fourth-order valence-corrected chi connectivity index (χ4v) is 3.02. The molecule has 3 aromatic rings. The van der Waals surface area contributed by atoms with Crippen LogP contribution in [0.25, 0.3) is 0 Å². The van der Waals surface area contributed by atoms with Crippen molar-refractivity contribution < 1.29 is 32.2 Å². The third-order valence-electron chi connectivity index (χ3n) is 4.58. The maximum atomic E-state index is 13.0. The molecule has 0 aliphatic carbocycles. The fourth-order valence-electron chi connectivity index (χ4n) is 3.02. The molecule has 0 aromatic heterocycles. The summed E-state index contributed by atoms with van der Waals surface area (Å²) in [5, 5.41) is 0. The summed E-state index contributed by atoms with van der Waals surface area (Å²) in [5.41, 5.74) is 0.931. The summed E-state index contributed by atoms with van der Waals surface area (Å²) in [6, 6.07) is 19.2. The van der Waals surface area contributed by atoms with E-state index in [1.54, 1.807) is 25.1 Å². The van der Waals surface area contributed by atoms with Gasteiger partial charge < -0.3 is 14.2 Å². The number of aryl methyl sites for hydroxylation is 1. The minimum Gasteiger partial charge on any atom is -0.488 e. The molecule has 0 N–H and O–H groups in total. The predicted molar refractivity (Wildman–Crippen MR) is 114 cm³/mol. The highest BCUT2D eigenvalue weighted by Crippen LogP contribution is 2.34. The van der Waals surface area contributed by atoms with Gasteiger partial charge in [-0.25, -0.2) is 0 Å². The van der Waals surface area contributed by atoms with Crippen LogP contribution < -0.4 is 9.47 Å². The number of benzene rings is 3. The summed E-state index contributed by atoms with van der Waals surface area (Å²) < 4.78 is 55.5. The van der Waals surface area contributed by atoms with Crippen LogP contribution in [0.3, 0.4) is 0 Å². The van der Waals surface area contributed by atoms with E-state index in [9.17, 15) is 18.0 Å². The molecule has 0 radical (unpaired) electrons. The molecule has 7 heteroatoms. The summed E-state index contributed by atoms with van der Waals surface area (Å²) in [6.07, 6.45) is -3.88. The van der Waals surface area contributed by atoms with Crippen LogP contribution in [0, 0.1) is 0 Å². The van der Waals surface area contributed by atoms with Crippen molar-refractivity contribution in [3.63, 3.8) is 0 Å². The normalized spacial score (nSPS) is 11.1. The molecule has 4 nitrogen and oxygen atoms in total. The van der Waals surface area contributed by atoms with E-state index in [-0.39, 0.29) is 18.1 Å². The first-order valence-corrected chi connectivity index (χ1v) is 10.2. The molecule has 3 rings (SSSR count). The number of hydrogen-bond acceptors (Lipinski definition) is 4. The molecule has 0 saturated heterocycles. The molecule has 0 fully saturated rings. The molecule has 32 heavy (non-hydrogen) atoms. The van der Waals surface area contributed by atoms with Gasteiger partial charge in [0.25, 0.3) is 0 Å². The zero-order chi connectivity index (χ0) is 23.0. The molecule has 0 heterocycles. The number of alkyl halides is 3. The van der Waals surface area contributed by atoms with E-state index in [0.717, 1.165) is 23.3 Å². The Bertz CT molecular complexity index is 1030. The van der Waals surface area contributed by atoms with Crippen molar-refractivity contribution in [3.05, 3.63) is 89.5 Å². The Hall–Kier alpha value is -3.48. The van der Waals surface area contributed by atoms with Crippen molar-refractivity contribution in [2.45, 2.75) is 32.5 Å². The van der Waals surface area contributed by atoms with Gasteiger partial charge in [-0.15, -0.1) is 0 Å². The summed E-state index contributed by atoms with van der Waals surface area (Å²) >= 11 is 0. The zero-order valence-corrected chi connectivity index (χ0v) is 17.5. The minimum atomic E-state index is -4.46. The van der Waals surface area contributed by atoms with E-state index in [0.29, 0.717) is 31.1 Å². The summed E-state index contributed by atoms with van der Waals surface area (Å²) in [5.74, 6) is 0.564. The van der Waals surface area contributed by atoms with E-state index in [1.807, 2.05) is 30.3 Å². The van der Waals surface area contributed by atoms with Gasteiger partial charge in [0.2, 0.25) is 0 Å². The van der Waals surface area contributed by atoms with Gasteiger partial charge in [0, 0.05) is 12.5 Å². The second-order valence-corrected chi connectivity index (χ2v) is 6.98. The van der Waals surface area contributed by atoms with E-state index in [1.165, 1.54) is 12.1 Å². The first kappa shape index (κ1) is 23.2. The molecule has 0 unspecified atom stereocenters. The molecule has 3 aromatic carbocycles. The van der Waals surface area contributed by atoms with Gasteiger partial charge in [-0.1, -0.05) is 42.5 Å². The predicted octanol–water partition coefficient (Wildman–Crippen LogP) is 6.57. The Morgan fingerprint density at radius 3 is 2.38 bits per heavy atom. The van der Waals surface area contributed by atoms with Gasteiger partial charge in [-0.05, 0) is 48.7 Å². The summed E-state index contributed by atoms with van der Waals surface area (Å²) in [7, 11) is 0. The van der Waals surface area contributed by atoms with Crippen LogP contribution in [-0.2, 0) is 28.7 Å². The number of carbonyl (C=O) groups excluding carboxylic acids is 1. The first-order valence-electron chi connectivity index (χ1n) is 10.2. The smallest absolute Gasteiger partial charge is 0.416 e. The topological polar surface area (TPSA) is 44.8 Å². The SMILES string of the molecule is CCOC(=O)CCc1ccc(Oc2cccc(C(F)(F)F)c2)cc1OCc1ccccc1. The third kappa shape index (κ3) is 6.77. The van der Waals surface area contributed by atoms with Crippen LogP contribution in [-0.4, -0.2) is 12.6 Å². The van der Waals surface area contributed by atoms with Gasteiger partial charge in [-0.3, -0.25) is 4.79 Å². The minimum absolute atomic E-state index is 0.0631. The zero-order valence-electron chi connectivity index (χ0n) is 17.5. The van der Waals surface area contributed by atoms with Gasteiger partial charge in [0.1, 0.15) is 23.9 Å². The monoisotopic (exact) mass is 444 g/mol. The van der Waals surface area contributed by atoms with Crippen LogP contribution >= 0.6 is 0 Å². The second kappa shape index (κ2) is 10.7. The number of carbonyl (C=O) groups is 1. The highest BCUT2D eigenvalue weighted by Gasteiger charge is 2.30. The third-order valence-corrected chi connectivity index (χ3v) is 4.58. The molecule has 0 aliphatic rings. The molecular formula is C25H23F3O4. The highest BCUT2D eigenvalue weighted by atomic mass is 19.4. The quantitative estimate of drug-likeness (QED) is 0.350. The molecule has 0 spiro atoms. The first-order chi connectivity index (χ1) is 15.3. The van der Waals surface area contributed by atoms with Gasteiger partial charge in [-0.2, -0.15) is 13.2 Å². The molecule has 0 bridgehead atoms. The van der Waals surface area contributed by atoms with E-state index in [4.69, 9.17) is 14.2 Å². The highest BCUT2D eigenvalue weighted by molar-refractivity contribution is 5.69. The van der Waals surface area contributed by atoms with Gasteiger partial charge in [0.05, 0.1) is 12.2 Å². The molecule has 0 aliphatic heterocycles. The summed E-state index contributed by atoms with van der Waals surface area (Å²) in [4.78, 5) is 11.7. The van der Waals surface area contributed by atoms with Crippen LogP contribution in [0.4, 0.5) is 13.2 Å². The Morgan fingerprint density at radius 1 is 0.906 bits per heavy atom. The average Bonchev–Trinajstić information content (AvgIpc) is 2.77. The van der Waals surface area contributed by atoms with Crippen molar-refractivity contribution in [1.82, 2.24) is 0 Å². The maximum absolute atomic E-state index is 13.0. The lowest BCUT2D eigenvalue weighted by Gasteiger charge is -2.15. The maximum Gasteiger partial charge on any atom is 0.416 e. The lowest BCUT2D eigenvalue weighted by molar-refractivity contribution is -0.143. The van der Waals surface area contributed by atoms with E-state index >= 15 is 0 Å². The number of halogens is 3. The number of ether oxygens (including phenoxy) is 3. The number of hydrogen-bond donors (Lipinski definition) is 0. The van der Waals surface area contributed by atoms with Crippen molar-refractivity contribution in [1.29, 1.82) is 0 Å². The molecule has 168 valence electrons.